The second-order valence-corrected chi connectivity index (χ2v) is 6.35. The Bertz CT molecular complexity index is 149. The van der Waals surface area contributed by atoms with Crippen LogP contribution in [-0.2, 0) is 0 Å². The normalized spacial score (nSPS) is 47.7. The van der Waals surface area contributed by atoms with Crippen LogP contribution in [0, 0.1) is 5.92 Å². The molecule has 1 heterocycles. The van der Waals surface area contributed by atoms with E-state index in [4.69, 9.17) is 0 Å². The quantitative estimate of drug-likeness (QED) is 0.509. The van der Waals surface area contributed by atoms with Crippen molar-refractivity contribution in [2.45, 2.75) is 24.9 Å². The molecule has 0 bridgehead atoms. The number of aliphatic hydroxyl groups is 2. The molecule has 3 atom stereocenters. The third kappa shape index (κ3) is 1.69. The minimum absolute atomic E-state index is 0.608. The van der Waals surface area contributed by atoms with Crippen LogP contribution < -0.4 is 0 Å². The van der Waals surface area contributed by atoms with Gasteiger partial charge >= 0.3 is 0 Å². The van der Waals surface area contributed by atoms with Gasteiger partial charge in [0, 0.05) is 11.7 Å². The van der Waals surface area contributed by atoms with Crippen LogP contribution in [0.3, 0.4) is 0 Å². The lowest BCUT2D eigenvalue weighted by molar-refractivity contribution is 0.0700. The third-order valence-electron chi connectivity index (χ3n) is 2.20. The lowest BCUT2D eigenvalue weighted by Gasteiger charge is -2.43. The summed E-state index contributed by atoms with van der Waals surface area (Å²) in [5, 5.41) is 18.7. The molecule has 0 amide bonds. The van der Waals surface area contributed by atoms with Crippen LogP contribution in [0.1, 0.15) is 13.3 Å². The molecule has 0 aromatic carbocycles. The van der Waals surface area contributed by atoms with Crippen molar-refractivity contribution in [1.82, 2.24) is 0 Å². The first-order valence-electron chi connectivity index (χ1n) is 3.61. The molecule has 3 N–H and O–H groups in total. The molecular formula is C7H15O3S. The molecule has 3 nitrogen and oxygen atoms in total. The van der Waals surface area contributed by atoms with Gasteiger partial charge in [-0.05, 0) is 12.7 Å². The smallest absolute Gasteiger partial charge is 0.130 e. The highest BCUT2D eigenvalue weighted by molar-refractivity contribution is 8.29. The maximum atomic E-state index is 9.59. The van der Waals surface area contributed by atoms with Crippen molar-refractivity contribution in [1.29, 1.82) is 0 Å². The van der Waals surface area contributed by atoms with Gasteiger partial charge < -0.3 is 14.8 Å². The molecule has 4 heteroatoms. The van der Waals surface area contributed by atoms with Crippen LogP contribution in [0.25, 0.3) is 0 Å². The lowest BCUT2D eigenvalue weighted by atomic mass is 10.0. The standard InChI is InChI=1S/C7H15O3S/c1-5-3-4-11(2,10)7(9)6(5)8/h6-10H,3-4H2,1-2H3/t6-,7-/m1/s1. The maximum absolute atomic E-state index is 9.59. The van der Waals surface area contributed by atoms with E-state index >= 15 is 0 Å². The van der Waals surface area contributed by atoms with Crippen molar-refractivity contribution >= 4 is 10.3 Å². The second kappa shape index (κ2) is 2.94. The third-order valence-corrected chi connectivity index (χ3v) is 4.53. The zero-order valence-electron chi connectivity index (χ0n) is 6.82. The topological polar surface area (TPSA) is 60.7 Å². The molecule has 1 fully saturated rings. The summed E-state index contributed by atoms with van der Waals surface area (Å²) < 4.78 is 9.59. The van der Waals surface area contributed by atoms with Crippen molar-refractivity contribution in [2.75, 3.05) is 12.0 Å². The van der Waals surface area contributed by atoms with Crippen LogP contribution in [0.2, 0.25) is 0 Å². The molecule has 0 aliphatic carbocycles. The summed E-state index contributed by atoms with van der Waals surface area (Å²) in [6.07, 6.45) is 1.53. The van der Waals surface area contributed by atoms with Crippen LogP contribution in [0.5, 0.6) is 0 Å². The van der Waals surface area contributed by atoms with Gasteiger partial charge in [0.15, 0.2) is 0 Å². The molecule has 0 saturated carbocycles. The molecule has 11 heavy (non-hydrogen) atoms. The van der Waals surface area contributed by atoms with Gasteiger partial charge in [-0.15, -0.1) is 10.3 Å². The van der Waals surface area contributed by atoms with E-state index in [1.54, 1.807) is 6.26 Å². The fourth-order valence-electron chi connectivity index (χ4n) is 1.16. The van der Waals surface area contributed by atoms with Gasteiger partial charge in [0.2, 0.25) is 0 Å². The Morgan fingerprint density at radius 1 is 1.45 bits per heavy atom. The van der Waals surface area contributed by atoms with E-state index in [1.807, 2.05) is 6.92 Å². The van der Waals surface area contributed by atoms with Crippen molar-refractivity contribution < 1.29 is 14.8 Å². The Morgan fingerprint density at radius 2 is 2.00 bits per heavy atom. The highest BCUT2D eigenvalue weighted by Crippen LogP contribution is 2.51. The first kappa shape index (κ1) is 9.32. The van der Waals surface area contributed by atoms with Gasteiger partial charge in [-0.2, -0.15) is 0 Å². The van der Waals surface area contributed by atoms with E-state index in [1.165, 1.54) is 0 Å². The molecule has 0 aromatic rings. The zero-order chi connectivity index (χ0) is 8.65. The van der Waals surface area contributed by atoms with Crippen molar-refractivity contribution in [3.05, 3.63) is 5.92 Å². The van der Waals surface area contributed by atoms with Gasteiger partial charge in [-0.3, -0.25) is 0 Å². The molecule has 0 aromatic heterocycles. The number of hydrogen-bond acceptors (Lipinski definition) is 3. The SMILES string of the molecule is C[C]1CC[S@](C)(O)[C@@H](O)[C@@H]1O. The average Bonchev–Trinajstić information content (AvgIpc) is 1.95. The van der Waals surface area contributed by atoms with E-state index in [0.29, 0.717) is 5.75 Å². The van der Waals surface area contributed by atoms with Gasteiger partial charge in [0.05, 0.1) is 6.10 Å². The molecule has 1 aliphatic heterocycles. The van der Waals surface area contributed by atoms with E-state index in [2.05, 4.69) is 0 Å². The predicted molar refractivity (Wildman–Crippen MR) is 46.6 cm³/mol. The van der Waals surface area contributed by atoms with E-state index < -0.39 is 21.8 Å². The largest absolute Gasteiger partial charge is 0.389 e. The van der Waals surface area contributed by atoms with Crippen LogP contribution in [0.15, 0.2) is 0 Å². The van der Waals surface area contributed by atoms with Gasteiger partial charge in [0.1, 0.15) is 5.44 Å². The fourth-order valence-corrected chi connectivity index (χ4v) is 2.92. The molecular weight excluding hydrogens is 164 g/mol. The monoisotopic (exact) mass is 179 g/mol. The van der Waals surface area contributed by atoms with Crippen LogP contribution in [0.4, 0.5) is 0 Å². The minimum atomic E-state index is -1.96. The van der Waals surface area contributed by atoms with Crippen LogP contribution >= 0.6 is 10.3 Å². The first-order chi connectivity index (χ1) is 4.95. The number of aliphatic hydroxyl groups excluding tert-OH is 2. The molecule has 67 valence electrons. The van der Waals surface area contributed by atoms with Gasteiger partial charge in [-0.25, -0.2) is 0 Å². The minimum Gasteiger partial charge on any atom is -0.389 e. The molecule has 0 unspecified atom stereocenters. The summed E-state index contributed by atoms with van der Waals surface area (Å²) in [4.78, 5) is 0. The Kier molecular flexibility index (Phi) is 2.49. The highest BCUT2D eigenvalue weighted by atomic mass is 32.3. The summed E-state index contributed by atoms with van der Waals surface area (Å²) >= 11 is 0. The summed E-state index contributed by atoms with van der Waals surface area (Å²) in [7, 11) is -1.96. The molecule has 1 saturated heterocycles. The summed E-state index contributed by atoms with van der Waals surface area (Å²) in [5.74, 6) is 1.48. The Morgan fingerprint density at radius 3 is 2.45 bits per heavy atom. The van der Waals surface area contributed by atoms with Crippen LogP contribution in [-0.4, -0.2) is 38.3 Å². The second-order valence-electron chi connectivity index (χ2n) is 3.24. The Balaban J connectivity index is 2.67. The first-order valence-corrected chi connectivity index (χ1v) is 5.84. The summed E-state index contributed by atoms with van der Waals surface area (Å²) in [5.41, 5.74) is -0.948. The number of rotatable bonds is 0. The van der Waals surface area contributed by atoms with Crippen molar-refractivity contribution in [3.8, 4) is 0 Å². The maximum Gasteiger partial charge on any atom is 0.130 e. The molecule has 1 rings (SSSR count). The average molecular weight is 179 g/mol. The van der Waals surface area contributed by atoms with Gasteiger partial charge in [-0.1, -0.05) is 6.92 Å². The lowest BCUT2D eigenvalue weighted by Crippen LogP contribution is -2.40. The van der Waals surface area contributed by atoms with E-state index in [0.717, 1.165) is 12.3 Å². The fraction of sp³-hybridized carbons (Fsp3) is 0.857. The van der Waals surface area contributed by atoms with Crippen molar-refractivity contribution in [3.63, 3.8) is 0 Å². The van der Waals surface area contributed by atoms with Gasteiger partial charge in [0.25, 0.3) is 0 Å². The number of hydrogen-bond donors (Lipinski definition) is 3. The zero-order valence-corrected chi connectivity index (χ0v) is 7.64. The Hall–Kier alpha value is 0.230. The molecule has 1 aliphatic rings. The predicted octanol–water partition coefficient (Wildman–Crippen LogP) is 0.571. The summed E-state index contributed by atoms with van der Waals surface area (Å²) in [6.45, 7) is 1.81. The molecule has 0 spiro atoms. The highest BCUT2D eigenvalue weighted by Gasteiger charge is 2.39. The Labute approximate surface area is 68.6 Å². The summed E-state index contributed by atoms with van der Waals surface area (Å²) in [6, 6.07) is 0. The van der Waals surface area contributed by atoms with Crippen molar-refractivity contribution in [2.24, 2.45) is 0 Å². The van der Waals surface area contributed by atoms with E-state index in [9.17, 15) is 14.8 Å². The van der Waals surface area contributed by atoms with E-state index in [-0.39, 0.29) is 0 Å². The molecule has 1 radical (unpaired) electrons.